The number of nitrogens with one attached hydrogen (secondary N) is 2. The lowest BCUT2D eigenvalue weighted by Gasteiger charge is -2.20. The van der Waals surface area contributed by atoms with Gasteiger partial charge in [-0.05, 0) is 45.0 Å². The van der Waals surface area contributed by atoms with Crippen LogP contribution in [0.5, 0.6) is 0 Å². The zero-order chi connectivity index (χ0) is 15.9. The highest BCUT2D eigenvalue weighted by atomic mass is 19.3. The molecule has 22 heavy (non-hydrogen) atoms. The SMILES string of the molecule is CCCC(CCCNC)Nc1cccc2nc(C(F)F)cn12. The lowest BCUT2D eigenvalue weighted by Crippen LogP contribution is -2.22. The molecule has 2 heterocycles. The van der Waals surface area contributed by atoms with Crippen LogP contribution in [-0.4, -0.2) is 29.0 Å². The number of rotatable bonds is 9. The van der Waals surface area contributed by atoms with Gasteiger partial charge in [-0.2, -0.15) is 0 Å². The highest BCUT2D eigenvalue weighted by molar-refractivity contribution is 5.51. The van der Waals surface area contributed by atoms with Crippen LogP contribution in [0.15, 0.2) is 24.4 Å². The summed E-state index contributed by atoms with van der Waals surface area (Å²) in [7, 11) is 1.94. The van der Waals surface area contributed by atoms with E-state index in [1.165, 1.54) is 6.20 Å². The van der Waals surface area contributed by atoms with Crippen molar-refractivity contribution in [2.24, 2.45) is 0 Å². The van der Waals surface area contributed by atoms with Gasteiger partial charge >= 0.3 is 0 Å². The third-order valence-electron chi connectivity index (χ3n) is 3.70. The molecule has 0 aliphatic rings. The summed E-state index contributed by atoms with van der Waals surface area (Å²) in [6.45, 7) is 3.13. The molecule has 2 aromatic rings. The quantitative estimate of drug-likeness (QED) is 0.691. The van der Waals surface area contributed by atoms with Crippen molar-refractivity contribution in [3.8, 4) is 0 Å². The fourth-order valence-corrected chi connectivity index (χ4v) is 2.62. The Morgan fingerprint density at radius 2 is 2.09 bits per heavy atom. The van der Waals surface area contributed by atoms with Gasteiger partial charge in [0.05, 0.1) is 0 Å². The van der Waals surface area contributed by atoms with Crippen molar-refractivity contribution < 1.29 is 8.78 Å². The van der Waals surface area contributed by atoms with Gasteiger partial charge in [-0.3, -0.25) is 4.40 Å². The highest BCUT2D eigenvalue weighted by Crippen LogP contribution is 2.22. The number of pyridine rings is 1. The molecular weight excluding hydrogens is 286 g/mol. The fourth-order valence-electron chi connectivity index (χ4n) is 2.62. The zero-order valence-corrected chi connectivity index (χ0v) is 13.1. The van der Waals surface area contributed by atoms with Gasteiger partial charge in [0, 0.05) is 12.2 Å². The van der Waals surface area contributed by atoms with Crippen molar-refractivity contribution in [2.45, 2.75) is 45.1 Å². The predicted molar refractivity (Wildman–Crippen MR) is 85.6 cm³/mol. The molecule has 2 rings (SSSR count). The second-order valence-corrected chi connectivity index (χ2v) is 5.48. The number of alkyl halides is 2. The first kappa shape index (κ1) is 16.7. The average Bonchev–Trinajstić information content (AvgIpc) is 2.93. The van der Waals surface area contributed by atoms with Crippen LogP contribution >= 0.6 is 0 Å². The van der Waals surface area contributed by atoms with Gasteiger partial charge in [0.2, 0.25) is 0 Å². The van der Waals surface area contributed by atoms with Crippen LogP contribution in [0.2, 0.25) is 0 Å². The Morgan fingerprint density at radius 3 is 2.77 bits per heavy atom. The standard InChI is InChI=1S/C16H24F2N4/c1-3-6-12(7-5-10-19-2)20-14-8-4-9-15-21-13(16(17)18)11-22(14)15/h4,8-9,11-12,16,19-20H,3,5-7,10H2,1-2H3. The van der Waals surface area contributed by atoms with E-state index < -0.39 is 6.43 Å². The lowest BCUT2D eigenvalue weighted by molar-refractivity contribution is 0.147. The van der Waals surface area contributed by atoms with Crippen LogP contribution in [0.4, 0.5) is 14.6 Å². The molecule has 0 radical (unpaired) electrons. The normalized spacial score (nSPS) is 13.0. The Hall–Kier alpha value is -1.69. The third kappa shape index (κ3) is 4.16. The molecular formula is C16H24F2N4. The molecule has 0 bridgehead atoms. The predicted octanol–water partition coefficient (Wildman–Crippen LogP) is 3.85. The van der Waals surface area contributed by atoms with E-state index in [4.69, 9.17) is 0 Å². The average molecular weight is 310 g/mol. The number of fused-ring (bicyclic) bond motifs is 1. The maximum Gasteiger partial charge on any atom is 0.281 e. The minimum atomic E-state index is -2.55. The van der Waals surface area contributed by atoms with Crippen LogP contribution in [0.1, 0.15) is 44.7 Å². The van der Waals surface area contributed by atoms with E-state index in [0.717, 1.165) is 38.0 Å². The Bertz CT molecular complexity index is 583. The van der Waals surface area contributed by atoms with Crippen LogP contribution in [0.25, 0.3) is 5.65 Å². The highest BCUT2D eigenvalue weighted by Gasteiger charge is 2.14. The van der Waals surface area contributed by atoms with Crippen LogP contribution in [0.3, 0.4) is 0 Å². The molecule has 2 N–H and O–H groups in total. The Kier molecular flexibility index (Phi) is 6.12. The van der Waals surface area contributed by atoms with E-state index in [9.17, 15) is 8.78 Å². The minimum Gasteiger partial charge on any atom is -0.368 e. The monoisotopic (exact) mass is 310 g/mol. The summed E-state index contributed by atoms with van der Waals surface area (Å²) >= 11 is 0. The zero-order valence-electron chi connectivity index (χ0n) is 13.1. The Labute approximate surface area is 129 Å². The molecule has 4 nitrogen and oxygen atoms in total. The van der Waals surface area contributed by atoms with Crippen LogP contribution < -0.4 is 10.6 Å². The molecule has 0 aliphatic heterocycles. The smallest absolute Gasteiger partial charge is 0.281 e. The molecule has 0 aliphatic carbocycles. The molecule has 0 fully saturated rings. The minimum absolute atomic E-state index is 0.184. The van der Waals surface area contributed by atoms with Crippen molar-refractivity contribution in [3.05, 3.63) is 30.1 Å². The van der Waals surface area contributed by atoms with E-state index in [-0.39, 0.29) is 5.69 Å². The molecule has 0 saturated carbocycles. The second kappa shape index (κ2) is 8.08. The number of imidazole rings is 1. The van der Waals surface area contributed by atoms with Gasteiger partial charge in [-0.15, -0.1) is 0 Å². The van der Waals surface area contributed by atoms with E-state index >= 15 is 0 Å². The molecule has 0 aromatic carbocycles. The summed E-state index contributed by atoms with van der Waals surface area (Å²) in [5.74, 6) is 0.819. The van der Waals surface area contributed by atoms with E-state index in [2.05, 4.69) is 22.5 Å². The summed E-state index contributed by atoms with van der Waals surface area (Å²) in [4.78, 5) is 3.96. The molecule has 1 atom stereocenters. The summed E-state index contributed by atoms with van der Waals surface area (Å²) in [6.07, 6.45) is 3.13. The number of aromatic nitrogens is 2. The second-order valence-electron chi connectivity index (χ2n) is 5.48. The maximum absolute atomic E-state index is 12.8. The van der Waals surface area contributed by atoms with Crippen molar-refractivity contribution >= 4 is 11.5 Å². The van der Waals surface area contributed by atoms with E-state index in [0.29, 0.717) is 11.7 Å². The van der Waals surface area contributed by atoms with Crippen molar-refractivity contribution in [1.82, 2.24) is 14.7 Å². The first-order valence-electron chi connectivity index (χ1n) is 7.83. The van der Waals surface area contributed by atoms with Gasteiger partial charge in [-0.1, -0.05) is 19.4 Å². The van der Waals surface area contributed by atoms with Gasteiger partial charge < -0.3 is 10.6 Å². The van der Waals surface area contributed by atoms with Crippen molar-refractivity contribution in [3.63, 3.8) is 0 Å². The van der Waals surface area contributed by atoms with Crippen molar-refractivity contribution in [1.29, 1.82) is 0 Å². The van der Waals surface area contributed by atoms with E-state index in [1.807, 2.05) is 19.2 Å². The fraction of sp³-hybridized carbons (Fsp3) is 0.562. The molecule has 122 valence electrons. The van der Waals surface area contributed by atoms with Crippen LogP contribution in [-0.2, 0) is 0 Å². The number of anilines is 1. The molecule has 2 aromatic heterocycles. The molecule has 0 spiro atoms. The Balaban J connectivity index is 2.17. The molecule has 1 unspecified atom stereocenters. The first-order valence-corrected chi connectivity index (χ1v) is 7.83. The number of nitrogens with zero attached hydrogens (tertiary/aromatic N) is 2. The largest absolute Gasteiger partial charge is 0.368 e. The van der Waals surface area contributed by atoms with Crippen molar-refractivity contribution in [2.75, 3.05) is 18.9 Å². The Morgan fingerprint density at radius 1 is 1.27 bits per heavy atom. The first-order chi connectivity index (χ1) is 10.7. The summed E-state index contributed by atoms with van der Waals surface area (Å²) in [6, 6.07) is 5.83. The van der Waals surface area contributed by atoms with Gasteiger partial charge in [0.1, 0.15) is 17.2 Å². The third-order valence-corrected chi connectivity index (χ3v) is 3.70. The van der Waals surface area contributed by atoms with Gasteiger partial charge in [0.25, 0.3) is 6.43 Å². The lowest BCUT2D eigenvalue weighted by atomic mass is 10.1. The van der Waals surface area contributed by atoms with Gasteiger partial charge in [-0.25, -0.2) is 13.8 Å². The topological polar surface area (TPSA) is 41.4 Å². The number of halogens is 2. The maximum atomic E-state index is 12.8. The molecule has 6 heteroatoms. The van der Waals surface area contributed by atoms with Gasteiger partial charge in [0.15, 0.2) is 0 Å². The summed E-state index contributed by atoms with van der Waals surface area (Å²) in [5, 5.41) is 6.63. The summed E-state index contributed by atoms with van der Waals surface area (Å²) in [5.41, 5.74) is 0.363. The van der Waals surface area contributed by atoms with E-state index in [1.54, 1.807) is 10.5 Å². The summed E-state index contributed by atoms with van der Waals surface area (Å²) < 4.78 is 27.4. The number of hydrogen-bond donors (Lipinski definition) is 2. The number of hydrogen-bond acceptors (Lipinski definition) is 3. The van der Waals surface area contributed by atoms with Crippen LogP contribution in [0, 0.1) is 0 Å². The molecule has 0 amide bonds. The molecule has 0 saturated heterocycles.